The van der Waals surface area contributed by atoms with E-state index in [-0.39, 0.29) is 18.8 Å². The van der Waals surface area contributed by atoms with Crippen LogP contribution in [-0.2, 0) is 19.1 Å². The number of carbonyl (C=O) groups is 2. The number of esters is 2. The third kappa shape index (κ3) is 2.34. The zero-order chi connectivity index (χ0) is 13.1. The molecule has 0 aromatic rings. The summed E-state index contributed by atoms with van der Waals surface area (Å²) in [6, 6.07) is 0. The van der Waals surface area contributed by atoms with Crippen molar-refractivity contribution in [1.82, 2.24) is 0 Å². The van der Waals surface area contributed by atoms with Crippen molar-refractivity contribution in [2.75, 3.05) is 14.2 Å². The summed E-state index contributed by atoms with van der Waals surface area (Å²) in [7, 11) is 2.47. The van der Waals surface area contributed by atoms with E-state index in [9.17, 15) is 14.7 Å². The zero-order valence-corrected chi connectivity index (χ0v) is 10.1. The molecular weight excluding hydrogens is 224 g/mol. The number of hydrogen-bond donors (Lipinski definition) is 1. The molecule has 1 saturated carbocycles. The first-order valence-electron chi connectivity index (χ1n) is 5.49. The molecule has 1 rings (SSSR count). The summed E-state index contributed by atoms with van der Waals surface area (Å²) >= 11 is 0. The van der Waals surface area contributed by atoms with Crippen molar-refractivity contribution in [3.63, 3.8) is 0 Å². The number of carbonyl (C=O) groups excluding carboxylic acids is 2. The number of hydrogen-bond acceptors (Lipinski definition) is 5. The van der Waals surface area contributed by atoms with E-state index in [1.54, 1.807) is 6.08 Å². The Labute approximate surface area is 100 Å². The van der Waals surface area contributed by atoms with Gasteiger partial charge in [-0.1, -0.05) is 6.08 Å². The van der Waals surface area contributed by atoms with E-state index in [2.05, 4.69) is 16.1 Å². The van der Waals surface area contributed by atoms with Gasteiger partial charge in [-0.25, -0.2) is 0 Å². The van der Waals surface area contributed by atoms with Crippen molar-refractivity contribution in [2.24, 2.45) is 11.3 Å². The van der Waals surface area contributed by atoms with Crippen LogP contribution in [0.4, 0.5) is 0 Å². The molecule has 2 atom stereocenters. The highest BCUT2D eigenvalue weighted by atomic mass is 16.5. The maximum atomic E-state index is 11.8. The molecule has 1 aliphatic rings. The van der Waals surface area contributed by atoms with E-state index in [1.165, 1.54) is 14.2 Å². The number of rotatable bonds is 3. The van der Waals surface area contributed by atoms with Crippen LogP contribution < -0.4 is 0 Å². The first-order chi connectivity index (χ1) is 8.01. The van der Waals surface area contributed by atoms with Gasteiger partial charge in [0.05, 0.1) is 20.3 Å². The molecular formula is C12H18O5. The van der Waals surface area contributed by atoms with Gasteiger partial charge in [0.15, 0.2) is 5.41 Å². The van der Waals surface area contributed by atoms with Gasteiger partial charge in [0, 0.05) is 5.92 Å². The lowest BCUT2D eigenvalue weighted by molar-refractivity contribution is -0.174. The largest absolute Gasteiger partial charge is 0.468 e. The minimum absolute atomic E-state index is 0.178. The third-order valence-corrected chi connectivity index (χ3v) is 3.40. The maximum absolute atomic E-state index is 11.8. The van der Waals surface area contributed by atoms with Crippen molar-refractivity contribution < 1.29 is 24.2 Å². The van der Waals surface area contributed by atoms with Crippen LogP contribution in [0.2, 0.25) is 0 Å². The van der Waals surface area contributed by atoms with Gasteiger partial charge >= 0.3 is 11.9 Å². The molecule has 1 aliphatic carbocycles. The van der Waals surface area contributed by atoms with E-state index in [0.717, 1.165) is 0 Å². The van der Waals surface area contributed by atoms with Gasteiger partial charge in [-0.2, -0.15) is 0 Å². The fourth-order valence-electron chi connectivity index (χ4n) is 2.33. The highest BCUT2D eigenvalue weighted by Gasteiger charge is 2.52. The minimum Gasteiger partial charge on any atom is -0.468 e. The average Bonchev–Trinajstić information content (AvgIpc) is 2.37. The second-order valence-electron chi connectivity index (χ2n) is 4.27. The fraction of sp³-hybridized carbons (Fsp3) is 0.667. The normalized spacial score (nSPS) is 27.0. The highest BCUT2D eigenvalue weighted by molar-refractivity contribution is 6.00. The van der Waals surface area contributed by atoms with Crippen molar-refractivity contribution in [2.45, 2.75) is 25.4 Å². The predicted molar refractivity (Wildman–Crippen MR) is 60.0 cm³/mol. The van der Waals surface area contributed by atoms with Gasteiger partial charge in [0.25, 0.3) is 0 Å². The second kappa shape index (κ2) is 5.31. The molecule has 0 aromatic carbocycles. The third-order valence-electron chi connectivity index (χ3n) is 3.40. The van der Waals surface area contributed by atoms with E-state index >= 15 is 0 Å². The van der Waals surface area contributed by atoms with Crippen LogP contribution >= 0.6 is 0 Å². The van der Waals surface area contributed by atoms with Crippen LogP contribution in [0.5, 0.6) is 0 Å². The monoisotopic (exact) mass is 242 g/mol. The number of aliphatic hydroxyl groups excluding tert-OH is 1. The summed E-state index contributed by atoms with van der Waals surface area (Å²) in [4.78, 5) is 23.6. The van der Waals surface area contributed by atoms with Gasteiger partial charge < -0.3 is 14.6 Å². The summed E-state index contributed by atoms with van der Waals surface area (Å²) in [6.07, 6.45) is 1.75. The van der Waals surface area contributed by atoms with E-state index in [4.69, 9.17) is 0 Å². The van der Waals surface area contributed by atoms with Crippen LogP contribution in [0.1, 0.15) is 19.3 Å². The molecule has 1 fully saturated rings. The van der Waals surface area contributed by atoms with Crippen LogP contribution in [0.15, 0.2) is 12.7 Å². The van der Waals surface area contributed by atoms with Gasteiger partial charge in [-0.3, -0.25) is 9.59 Å². The van der Waals surface area contributed by atoms with Crippen LogP contribution in [0, 0.1) is 11.3 Å². The molecule has 96 valence electrons. The summed E-state index contributed by atoms with van der Waals surface area (Å²) in [6.45, 7) is 3.61. The molecule has 0 bridgehead atoms. The van der Waals surface area contributed by atoms with E-state index in [0.29, 0.717) is 6.42 Å². The predicted octanol–water partition coefficient (Wildman–Crippen LogP) is 0.666. The Morgan fingerprint density at radius 2 is 1.88 bits per heavy atom. The van der Waals surface area contributed by atoms with E-state index in [1.807, 2.05) is 0 Å². The second-order valence-corrected chi connectivity index (χ2v) is 4.27. The van der Waals surface area contributed by atoms with Crippen LogP contribution in [-0.4, -0.2) is 37.4 Å². The Morgan fingerprint density at radius 1 is 1.35 bits per heavy atom. The van der Waals surface area contributed by atoms with Crippen LogP contribution in [0.3, 0.4) is 0 Å². The number of ether oxygens (including phenoxy) is 2. The number of methoxy groups -OCH3 is 2. The molecule has 5 heteroatoms. The Hall–Kier alpha value is -1.36. The summed E-state index contributed by atoms with van der Waals surface area (Å²) in [5.41, 5.74) is -1.30. The Bertz CT molecular complexity index is 307. The summed E-state index contributed by atoms with van der Waals surface area (Å²) < 4.78 is 9.38. The number of aliphatic hydroxyl groups is 1. The summed E-state index contributed by atoms with van der Waals surface area (Å²) in [5.74, 6) is -1.52. The Morgan fingerprint density at radius 3 is 2.29 bits per heavy atom. The first-order valence-corrected chi connectivity index (χ1v) is 5.49. The quantitative estimate of drug-likeness (QED) is 0.447. The molecule has 0 aliphatic heterocycles. The zero-order valence-electron chi connectivity index (χ0n) is 10.1. The highest BCUT2D eigenvalue weighted by Crippen LogP contribution is 2.42. The molecule has 2 unspecified atom stereocenters. The Kier molecular flexibility index (Phi) is 4.28. The fourth-order valence-corrected chi connectivity index (χ4v) is 2.33. The van der Waals surface area contributed by atoms with Gasteiger partial charge in [-0.05, 0) is 19.3 Å². The maximum Gasteiger partial charge on any atom is 0.323 e. The lowest BCUT2D eigenvalue weighted by atomic mass is 9.68. The van der Waals surface area contributed by atoms with Crippen LogP contribution in [0.25, 0.3) is 0 Å². The molecule has 0 amide bonds. The standard InChI is InChI=1S/C12H18O5/c1-4-8-7-12(10(14)16-2,11(15)17-3)6-5-9(8)13/h4,8-9,13H,1,5-7H2,2-3H3. The van der Waals surface area contributed by atoms with Crippen molar-refractivity contribution in [3.8, 4) is 0 Å². The molecule has 0 aromatic heterocycles. The average molecular weight is 242 g/mol. The lowest BCUT2D eigenvalue weighted by Gasteiger charge is -2.37. The van der Waals surface area contributed by atoms with Crippen molar-refractivity contribution >= 4 is 11.9 Å². The molecule has 0 saturated heterocycles. The minimum atomic E-state index is -1.30. The molecule has 0 radical (unpaired) electrons. The van der Waals surface area contributed by atoms with Crippen molar-refractivity contribution in [1.29, 1.82) is 0 Å². The van der Waals surface area contributed by atoms with Gasteiger partial charge in [0.1, 0.15) is 0 Å². The van der Waals surface area contributed by atoms with E-state index < -0.39 is 23.5 Å². The van der Waals surface area contributed by atoms with Crippen molar-refractivity contribution in [3.05, 3.63) is 12.7 Å². The smallest absolute Gasteiger partial charge is 0.323 e. The molecule has 0 heterocycles. The summed E-state index contributed by atoms with van der Waals surface area (Å²) in [5, 5.41) is 9.73. The molecule has 0 spiro atoms. The lowest BCUT2D eigenvalue weighted by Crippen LogP contribution is -2.47. The van der Waals surface area contributed by atoms with Gasteiger partial charge in [0.2, 0.25) is 0 Å². The molecule has 1 N–H and O–H groups in total. The SMILES string of the molecule is C=CC1CC(C(=O)OC)(C(=O)OC)CCC1O. The molecule has 17 heavy (non-hydrogen) atoms. The first kappa shape index (κ1) is 13.7. The molecule has 5 nitrogen and oxygen atoms in total. The Balaban J connectivity index is 3.04. The van der Waals surface area contributed by atoms with Gasteiger partial charge in [-0.15, -0.1) is 6.58 Å². The topological polar surface area (TPSA) is 72.8 Å².